The lowest BCUT2D eigenvalue weighted by Crippen LogP contribution is -2.12. The number of amides is 1. The highest BCUT2D eigenvalue weighted by atomic mass is 35.5. The Hall–Kier alpha value is -2.79. The molecule has 0 saturated carbocycles. The van der Waals surface area contributed by atoms with Crippen molar-refractivity contribution in [3.05, 3.63) is 70.7 Å². The average Bonchev–Trinajstić information content (AvgIpc) is 3.21. The molecule has 1 aliphatic rings. The maximum Gasteiger partial charge on any atom is 0.251 e. The molecule has 0 bridgehead atoms. The van der Waals surface area contributed by atoms with Crippen LogP contribution in [0.25, 0.3) is 11.3 Å². The molecule has 6 heteroatoms. The van der Waals surface area contributed by atoms with Crippen molar-refractivity contribution in [2.75, 3.05) is 5.32 Å². The number of benzene rings is 2. The normalized spacial score (nSPS) is 12.8. The first kappa shape index (κ1) is 14.8. The summed E-state index contributed by atoms with van der Waals surface area (Å²) in [5.41, 5.74) is 3.39. The van der Waals surface area contributed by atoms with Crippen molar-refractivity contribution >= 4 is 23.2 Å². The van der Waals surface area contributed by atoms with Gasteiger partial charge in [-0.15, -0.1) is 0 Å². The molecule has 5 nitrogen and oxygen atoms in total. The van der Waals surface area contributed by atoms with Crippen molar-refractivity contribution in [2.45, 2.75) is 13.1 Å². The zero-order chi connectivity index (χ0) is 16.5. The van der Waals surface area contributed by atoms with Crippen LogP contribution in [0.5, 0.6) is 0 Å². The van der Waals surface area contributed by atoms with E-state index in [0.29, 0.717) is 35.3 Å². The molecule has 0 radical (unpaired) electrons. The third-order valence-electron chi connectivity index (χ3n) is 3.93. The number of nitrogens with zero attached hydrogens (tertiary/aromatic N) is 1. The number of rotatable bonds is 4. The van der Waals surface area contributed by atoms with Crippen molar-refractivity contribution in [2.24, 2.45) is 0 Å². The molecular formula is C18H14ClN3O2. The van der Waals surface area contributed by atoms with Crippen LogP contribution in [0.2, 0.25) is 5.02 Å². The van der Waals surface area contributed by atoms with Crippen LogP contribution in [0, 0.1) is 0 Å². The molecular weight excluding hydrogens is 326 g/mol. The summed E-state index contributed by atoms with van der Waals surface area (Å²) in [5.74, 6) is 1.14. The van der Waals surface area contributed by atoms with Gasteiger partial charge in [0.1, 0.15) is 0 Å². The molecule has 0 unspecified atom stereocenters. The zero-order valence-electron chi connectivity index (χ0n) is 12.7. The number of oxazole rings is 1. The lowest BCUT2D eigenvalue weighted by atomic mass is 10.1. The fraction of sp³-hybridized carbons (Fsp3) is 0.111. The van der Waals surface area contributed by atoms with Gasteiger partial charge in [0.05, 0.1) is 17.8 Å². The Morgan fingerprint density at radius 2 is 2.08 bits per heavy atom. The van der Waals surface area contributed by atoms with E-state index in [1.54, 1.807) is 6.20 Å². The Bertz CT molecular complexity index is 920. The topological polar surface area (TPSA) is 67.2 Å². The molecule has 1 aromatic heterocycles. The second-order valence-corrected chi connectivity index (χ2v) is 5.91. The average molecular weight is 340 g/mol. The first-order chi connectivity index (χ1) is 11.7. The molecule has 4 rings (SSSR count). The molecule has 0 atom stereocenters. The summed E-state index contributed by atoms with van der Waals surface area (Å²) < 4.78 is 5.75. The van der Waals surface area contributed by atoms with Gasteiger partial charge >= 0.3 is 0 Å². The van der Waals surface area contributed by atoms with Gasteiger partial charge in [0.15, 0.2) is 5.76 Å². The van der Waals surface area contributed by atoms with Gasteiger partial charge in [-0.3, -0.25) is 4.79 Å². The van der Waals surface area contributed by atoms with E-state index in [2.05, 4.69) is 15.6 Å². The summed E-state index contributed by atoms with van der Waals surface area (Å²) in [5, 5.41) is 6.65. The summed E-state index contributed by atoms with van der Waals surface area (Å²) in [6.45, 7) is 1.01. The molecule has 0 saturated heterocycles. The molecule has 0 spiro atoms. The first-order valence-electron chi connectivity index (χ1n) is 7.55. The fourth-order valence-electron chi connectivity index (χ4n) is 2.68. The molecule has 120 valence electrons. The lowest BCUT2D eigenvalue weighted by molar-refractivity contribution is 0.0966. The van der Waals surface area contributed by atoms with Crippen LogP contribution in [-0.4, -0.2) is 10.9 Å². The summed E-state index contributed by atoms with van der Waals surface area (Å²) in [7, 11) is 0. The van der Waals surface area contributed by atoms with Crippen molar-refractivity contribution < 1.29 is 9.21 Å². The molecule has 1 aliphatic heterocycles. The molecule has 0 fully saturated rings. The summed E-state index contributed by atoms with van der Waals surface area (Å²) in [4.78, 5) is 16.0. The Kier molecular flexibility index (Phi) is 3.70. The lowest BCUT2D eigenvalue weighted by Gasteiger charge is -2.05. The zero-order valence-corrected chi connectivity index (χ0v) is 13.4. The Balaban J connectivity index is 1.49. The minimum Gasteiger partial charge on any atom is -0.439 e. The summed E-state index contributed by atoms with van der Waals surface area (Å²) in [6, 6.07) is 13.2. The number of fused-ring (bicyclic) bond motifs is 1. The molecule has 0 aliphatic carbocycles. The van der Waals surface area contributed by atoms with Crippen LogP contribution < -0.4 is 10.6 Å². The highest BCUT2D eigenvalue weighted by molar-refractivity contribution is 6.33. The van der Waals surface area contributed by atoms with Crippen LogP contribution in [0.3, 0.4) is 0 Å². The summed E-state index contributed by atoms with van der Waals surface area (Å²) >= 11 is 6.17. The number of hydrogen-bond donors (Lipinski definition) is 2. The second kappa shape index (κ2) is 6.02. The number of carbonyl (C=O) groups excluding carboxylic acids is 1. The van der Waals surface area contributed by atoms with Gasteiger partial charge in [0.25, 0.3) is 5.91 Å². The molecule has 24 heavy (non-hydrogen) atoms. The van der Waals surface area contributed by atoms with Crippen molar-refractivity contribution in [1.29, 1.82) is 0 Å². The standard InChI is InChI=1S/C18H14ClN3O2/c19-15-4-2-1-3-13(15)16-9-21-17(24-16)10-20-12-6-5-11-8-22-18(23)14(11)7-12/h1-7,9,20H,8,10H2,(H,22,23). The Labute approximate surface area is 143 Å². The van der Waals surface area contributed by atoms with Crippen molar-refractivity contribution in [3.8, 4) is 11.3 Å². The molecule has 2 aromatic carbocycles. The van der Waals surface area contributed by atoms with Gasteiger partial charge in [-0.1, -0.05) is 29.8 Å². The van der Waals surface area contributed by atoms with Crippen LogP contribution in [-0.2, 0) is 13.1 Å². The van der Waals surface area contributed by atoms with E-state index in [-0.39, 0.29) is 5.91 Å². The quantitative estimate of drug-likeness (QED) is 0.757. The number of anilines is 1. The monoisotopic (exact) mass is 339 g/mol. The van der Waals surface area contributed by atoms with E-state index in [0.717, 1.165) is 16.8 Å². The van der Waals surface area contributed by atoms with E-state index < -0.39 is 0 Å². The van der Waals surface area contributed by atoms with Crippen LogP contribution in [0.15, 0.2) is 53.1 Å². The number of hydrogen-bond acceptors (Lipinski definition) is 4. The largest absolute Gasteiger partial charge is 0.439 e. The highest BCUT2D eigenvalue weighted by Gasteiger charge is 2.18. The van der Waals surface area contributed by atoms with Gasteiger partial charge in [-0.05, 0) is 29.8 Å². The molecule has 2 heterocycles. The third kappa shape index (κ3) is 2.74. The first-order valence-corrected chi connectivity index (χ1v) is 7.93. The third-order valence-corrected chi connectivity index (χ3v) is 4.26. The number of halogens is 1. The molecule has 1 amide bonds. The summed E-state index contributed by atoms with van der Waals surface area (Å²) in [6.07, 6.45) is 1.66. The Morgan fingerprint density at radius 3 is 2.96 bits per heavy atom. The van der Waals surface area contributed by atoms with Crippen molar-refractivity contribution in [1.82, 2.24) is 10.3 Å². The number of aromatic nitrogens is 1. The predicted octanol–water partition coefficient (Wildman–Crippen LogP) is 3.85. The minimum atomic E-state index is -0.0363. The second-order valence-electron chi connectivity index (χ2n) is 5.51. The van der Waals surface area contributed by atoms with Crippen molar-refractivity contribution in [3.63, 3.8) is 0 Å². The van der Waals surface area contributed by atoms with Gasteiger partial charge in [-0.25, -0.2) is 4.98 Å². The van der Waals surface area contributed by atoms with E-state index >= 15 is 0 Å². The van der Waals surface area contributed by atoms with E-state index in [4.69, 9.17) is 16.0 Å². The fourth-order valence-corrected chi connectivity index (χ4v) is 2.91. The van der Waals surface area contributed by atoms with Crippen LogP contribution >= 0.6 is 11.6 Å². The van der Waals surface area contributed by atoms with Crippen LogP contribution in [0.1, 0.15) is 21.8 Å². The number of nitrogens with one attached hydrogen (secondary N) is 2. The van der Waals surface area contributed by atoms with Gasteiger partial charge in [-0.2, -0.15) is 0 Å². The van der Waals surface area contributed by atoms with Gasteiger partial charge in [0.2, 0.25) is 5.89 Å². The van der Waals surface area contributed by atoms with Gasteiger partial charge < -0.3 is 15.1 Å². The smallest absolute Gasteiger partial charge is 0.251 e. The maximum absolute atomic E-state index is 11.7. The van der Waals surface area contributed by atoms with Crippen LogP contribution in [0.4, 0.5) is 5.69 Å². The molecule has 2 N–H and O–H groups in total. The van der Waals surface area contributed by atoms with E-state index in [9.17, 15) is 4.79 Å². The van der Waals surface area contributed by atoms with Gasteiger partial charge in [0, 0.05) is 23.4 Å². The maximum atomic E-state index is 11.7. The predicted molar refractivity (Wildman–Crippen MR) is 91.9 cm³/mol. The Morgan fingerprint density at radius 1 is 1.21 bits per heavy atom. The highest BCUT2D eigenvalue weighted by Crippen LogP contribution is 2.28. The number of carbonyl (C=O) groups is 1. The SMILES string of the molecule is O=C1NCc2ccc(NCc3ncc(-c4ccccc4Cl)o3)cc21. The minimum absolute atomic E-state index is 0.0363. The van der Waals surface area contributed by atoms with E-state index in [1.807, 2.05) is 42.5 Å². The van der Waals surface area contributed by atoms with E-state index in [1.165, 1.54) is 0 Å². The molecule has 3 aromatic rings.